The minimum Gasteiger partial charge on any atom is -0.368 e. The summed E-state index contributed by atoms with van der Waals surface area (Å²) in [5, 5.41) is 4.08. The highest BCUT2D eigenvalue weighted by Gasteiger charge is 2.08. The Morgan fingerprint density at radius 2 is 1.84 bits per heavy atom. The van der Waals surface area contributed by atoms with Crippen molar-refractivity contribution in [2.75, 3.05) is 5.73 Å². The molecule has 3 aromatic rings. The summed E-state index contributed by atoms with van der Waals surface area (Å²) in [6.07, 6.45) is 3.40. The van der Waals surface area contributed by atoms with Crippen molar-refractivity contribution in [2.24, 2.45) is 0 Å². The van der Waals surface area contributed by atoms with E-state index in [9.17, 15) is 0 Å². The summed E-state index contributed by atoms with van der Waals surface area (Å²) < 4.78 is 2.53. The minimum absolute atomic E-state index is 0.165. The van der Waals surface area contributed by atoms with Crippen molar-refractivity contribution in [3.8, 4) is 17.3 Å². The predicted octanol–water partition coefficient (Wildman–Crippen LogP) is 2.07. The maximum Gasteiger partial charge on any atom is 0.255 e. The van der Waals surface area contributed by atoms with Crippen LogP contribution in [0, 0.1) is 0 Å². The van der Waals surface area contributed by atoms with E-state index < -0.39 is 0 Å². The number of nitrogens with two attached hydrogens (primary N) is 1. The van der Waals surface area contributed by atoms with Gasteiger partial charge in [-0.15, -0.1) is 0 Å². The highest BCUT2D eigenvalue weighted by atomic mass is 79.9. The van der Waals surface area contributed by atoms with E-state index in [4.69, 9.17) is 5.73 Å². The largest absolute Gasteiger partial charge is 0.368 e. The van der Waals surface area contributed by atoms with Crippen LogP contribution < -0.4 is 5.73 Å². The zero-order valence-electron chi connectivity index (χ0n) is 9.73. The Morgan fingerprint density at radius 1 is 1.05 bits per heavy atom. The number of anilines is 1. The number of halogens is 1. The van der Waals surface area contributed by atoms with Gasteiger partial charge in [-0.25, -0.2) is 4.68 Å². The van der Waals surface area contributed by atoms with Crippen LogP contribution in [-0.2, 0) is 0 Å². The fourth-order valence-electron chi connectivity index (χ4n) is 1.60. The van der Waals surface area contributed by atoms with Crippen molar-refractivity contribution >= 4 is 21.9 Å². The van der Waals surface area contributed by atoms with Gasteiger partial charge >= 0.3 is 0 Å². The van der Waals surface area contributed by atoms with Crippen LogP contribution >= 0.6 is 15.9 Å². The molecule has 2 N–H and O–H groups in total. The zero-order valence-corrected chi connectivity index (χ0v) is 11.3. The van der Waals surface area contributed by atoms with Gasteiger partial charge in [0, 0.05) is 22.4 Å². The first-order valence-electron chi connectivity index (χ1n) is 5.50. The summed E-state index contributed by atoms with van der Waals surface area (Å²) in [7, 11) is 0. The molecular formula is C12H9BrN6. The van der Waals surface area contributed by atoms with Crippen LogP contribution in [0.2, 0.25) is 0 Å². The average Bonchev–Trinajstić information content (AvgIpc) is 2.93. The fraction of sp³-hybridized carbons (Fsp3) is 0. The third-order valence-electron chi connectivity index (χ3n) is 2.45. The third kappa shape index (κ3) is 2.45. The Morgan fingerprint density at radius 3 is 2.53 bits per heavy atom. The Labute approximate surface area is 117 Å². The van der Waals surface area contributed by atoms with E-state index in [-0.39, 0.29) is 5.95 Å². The van der Waals surface area contributed by atoms with Crippen LogP contribution in [0.5, 0.6) is 0 Å². The lowest BCUT2D eigenvalue weighted by Gasteiger charge is -2.04. The Kier molecular flexibility index (Phi) is 2.96. The van der Waals surface area contributed by atoms with Gasteiger partial charge in [0.05, 0.1) is 0 Å². The quantitative estimate of drug-likeness (QED) is 0.782. The molecule has 0 aliphatic heterocycles. The van der Waals surface area contributed by atoms with Gasteiger partial charge in [-0.1, -0.05) is 28.1 Å². The number of hydrogen-bond donors (Lipinski definition) is 1. The molecule has 0 spiro atoms. The molecule has 7 heteroatoms. The smallest absolute Gasteiger partial charge is 0.255 e. The van der Waals surface area contributed by atoms with E-state index in [0.29, 0.717) is 11.8 Å². The molecular weight excluding hydrogens is 308 g/mol. The molecule has 94 valence electrons. The number of hydrogen-bond acceptors (Lipinski definition) is 5. The standard InChI is InChI=1S/C12H9BrN6/c13-9-4-2-8(3-5-9)10-16-11(14)18-12(17-10)19-7-1-6-15-19/h1-7H,(H2,14,16,17,18). The molecule has 0 fully saturated rings. The number of rotatable bonds is 2. The van der Waals surface area contributed by atoms with Crippen LogP contribution in [0.1, 0.15) is 0 Å². The van der Waals surface area contributed by atoms with Crippen molar-refractivity contribution in [3.63, 3.8) is 0 Å². The number of nitrogen functional groups attached to an aromatic ring is 1. The van der Waals surface area contributed by atoms with E-state index in [1.165, 1.54) is 0 Å². The first-order chi connectivity index (χ1) is 9.22. The van der Waals surface area contributed by atoms with Gasteiger partial charge in [0.2, 0.25) is 5.95 Å². The fourth-order valence-corrected chi connectivity index (χ4v) is 1.86. The molecule has 1 aromatic carbocycles. The summed E-state index contributed by atoms with van der Waals surface area (Å²) in [5.74, 6) is 1.08. The second kappa shape index (κ2) is 4.77. The third-order valence-corrected chi connectivity index (χ3v) is 2.98. The molecule has 0 aliphatic rings. The maximum absolute atomic E-state index is 5.72. The predicted molar refractivity (Wildman–Crippen MR) is 74.5 cm³/mol. The van der Waals surface area contributed by atoms with Crippen LogP contribution in [0.25, 0.3) is 17.3 Å². The summed E-state index contributed by atoms with van der Waals surface area (Å²) >= 11 is 3.39. The molecule has 3 rings (SSSR count). The average molecular weight is 317 g/mol. The first-order valence-corrected chi connectivity index (χ1v) is 6.29. The van der Waals surface area contributed by atoms with Crippen LogP contribution in [-0.4, -0.2) is 24.7 Å². The van der Waals surface area contributed by atoms with E-state index in [1.807, 2.05) is 24.3 Å². The molecule has 6 nitrogen and oxygen atoms in total. The SMILES string of the molecule is Nc1nc(-c2ccc(Br)cc2)nc(-n2cccn2)n1. The topological polar surface area (TPSA) is 82.5 Å². The van der Waals surface area contributed by atoms with Crippen molar-refractivity contribution < 1.29 is 0 Å². The molecule has 0 bridgehead atoms. The summed E-state index contributed by atoms with van der Waals surface area (Å²) in [4.78, 5) is 12.6. The molecule has 0 unspecified atom stereocenters. The molecule has 0 aliphatic carbocycles. The normalized spacial score (nSPS) is 10.6. The van der Waals surface area contributed by atoms with E-state index in [0.717, 1.165) is 10.0 Å². The maximum atomic E-state index is 5.72. The van der Waals surface area contributed by atoms with Gasteiger partial charge in [-0.2, -0.15) is 20.1 Å². The van der Waals surface area contributed by atoms with Gasteiger partial charge < -0.3 is 5.73 Å². The number of aromatic nitrogens is 5. The minimum atomic E-state index is 0.165. The zero-order chi connectivity index (χ0) is 13.2. The number of nitrogens with zero attached hydrogens (tertiary/aromatic N) is 5. The molecule has 19 heavy (non-hydrogen) atoms. The Hall–Kier alpha value is -2.28. The molecule has 0 atom stereocenters. The van der Waals surface area contributed by atoms with Crippen LogP contribution in [0.4, 0.5) is 5.95 Å². The molecule has 0 saturated heterocycles. The lowest BCUT2D eigenvalue weighted by Crippen LogP contribution is -2.07. The van der Waals surface area contributed by atoms with E-state index in [1.54, 1.807) is 23.1 Å². The van der Waals surface area contributed by atoms with Crippen molar-refractivity contribution in [1.82, 2.24) is 24.7 Å². The second-order valence-electron chi connectivity index (χ2n) is 3.77. The molecule has 2 aromatic heterocycles. The van der Waals surface area contributed by atoms with Crippen molar-refractivity contribution in [1.29, 1.82) is 0 Å². The van der Waals surface area contributed by atoms with Crippen LogP contribution in [0.15, 0.2) is 47.2 Å². The van der Waals surface area contributed by atoms with Crippen molar-refractivity contribution in [3.05, 3.63) is 47.2 Å². The van der Waals surface area contributed by atoms with E-state index >= 15 is 0 Å². The first kappa shape index (κ1) is 11.8. The molecule has 2 heterocycles. The molecule has 0 saturated carbocycles. The summed E-state index contributed by atoms with van der Waals surface area (Å²) in [6.45, 7) is 0. The molecule has 0 amide bonds. The van der Waals surface area contributed by atoms with Gasteiger partial charge in [-0.3, -0.25) is 0 Å². The van der Waals surface area contributed by atoms with Gasteiger partial charge in [0.1, 0.15) is 0 Å². The lowest BCUT2D eigenvalue weighted by atomic mass is 10.2. The van der Waals surface area contributed by atoms with Crippen LogP contribution in [0.3, 0.4) is 0 Å². The highest BCUT2D eigenvalue weighted by molar-refractivity contribution is 9.10. The number of benzene rings is 1. The summed E-state index contributed by atoms with van der Waals surface area (Å²) in [5.41, 5.74) is 6.59. The van der Waals surface area contributed by atoms with Gasteiger partial charge in [-0.05, 0) is 18.2 Å². The van der Waals surface area contributed by atoms with Crippen molar-refractivity contribution in [2.45, 2.75) is 0 Å². The highest BCUT2D eigenvalue weighted by Crippen LogP contribution is 2.19. The Balaban J connectivity index is 2.10. The second-order valence-corrected chi connectivity index (χ2v) is 4.69. The lowest BCUT2D eigenvalue weighted by molar-refractivity contribution is 0.801. The summed E-state index contributed by atoms with van der Waals surface area (Å²) in [6, 6.07) is 9.45. The molecule has 0 radical (unpaired) electrons. The van der Waals surface area contributed by atoms with E-state index in [2.05, 4.69) is 36.0 Å². The Bertz CT molecular complexity index is 693. The monoisotopic (exact) mass is 316 g/mol. The van der Waals surface area contributed by atoms with Gasteiger partial charge in [0.15, 0.2) is 5.82 Å². The van der Waals surface area contributed by atoms with Gasteiger partial charge in [0.25, 0.3) is 5.95 Å².